The second-order valence-electron chi connectivity index (χ2n) is 8.38. The van der Waals surface area contributed by atoms with Gasteiger partial charge in [0, 0.05) is 43.3 Å². The van der Waals surface area contributed by atoms with Crippen molar-refractivity contribution in [3.8, 4) is 0 Å². The zero-order valence-corrected chi connectivity index (χ0v) is 18.2. The monoisotopic (exact) mass is 421 g/mol. The molecule has 0 saturated carbocycles. The Bertz CT molecular complexity index is 945. The van der Waals surface area contributed by atoms with E-state index in [1.165, 1.54) is 11.3 Å². The number of piperidine rings is 1. The molecule has 1 aromatic rings. The third kappa shape index (κ3) is 4.28. The number of aromatic nitrogens is 1. The lowest BCUT2D eigenvalue weighted by Gasteiger charge is -2.35. The van der Waals surface area contributed by atoms with E-state index >= 15 is 0 Å². The van der Waals surface area contributed by atoms with Crippen LogP contribution in [0, 0.1) is 0 Å². The first kappa shape index (κ1) is 21.3. The van der Waals surface area contributed by atoms with Gasteiger partial charge in [-0.05, 0) is 62.3 Å². The molecule has 4 rings (SSSR count). The van der Waals surface area contributed by atoms with Gasteiger partial charge in [0.2, 0.25) is 0 Å². The molecule has 0 bridgehead atoms. The smallest absolute Gasteiger partial charge is 0.255 e. The van der Waals surface area contributed by atoms with Gasteiger partial charge in [0.1, 0.15) is 12.0 Å². The Kier molecular flexibility index (Phi) is 6.23. The quantitative estimate of drug-likeness (QED) is 0.756. The van der Waals surface area contributed by atoms with Crippen molar-refractivity contribution in [1.82, 2.24) is 14.8 Å². The van der Waals surface area contributed by atoms with Gasteiger partial charge in [-0.1, -0.05) is 13.5 Å². The van der Waals surface area contributed by atoms with E-state index in [1.54, 1.807) is 12.4 Å². The fourth-order valence-electron chi connectivity index (χ4n) is 4.40. The van der Waals surface area contributed by atoms with E-state index in [1.807, 2.05) is 30.0 Å². The van der Waals surface area contributed by atoms with E-state index in [0.29, 0.717) is 17.6 Å². The molecule has 0 spiro atoms. The minimum atomic E-state index is -0.555. The molecule has 0 aliphatic carbocycles. The molecule has 1 saturated heterocycles. The number of likely N-dealkylation sites (tertiary alicyclic amines) is 1. The van der Waals surface area contributed by atoms with Gasteiger partial charge in [0.05, 0.1) is 5.56 Å². The summed E-state index contributed by atoms with van der Waals surface area (Å²) in [5.74, 6) is 0.790. The molecule has 0 radical (unpaired) electrons. The lowest BCUT2D eigenvalue weighted by Crippen LogP contribution is -2.44. The summed E-state index contributed by atoms with van der Waals surface area (Å²) in [5, 5.41) is 0. The van der Waals surface area contributed by atoms with Gasteiger partial charge in [-0.25, -0.2) is 4.98 Å². The Labute approximate surface area is 183 Å². The number of nitrogens with two attached hydrogens (primary N) is 1. The number of rotatable bonds is 4. The lowest BCUT2D eigenvalue weighted by atomic mass is 10.0. The van der Waals surface area contributed by atoms with Crippen molar-refractivity contribution in [3.05, 3.63) is 59.6 Å². The van der Waals surface area contributed by atoms with Crippen LogP contribution in [0.3, 0.4) is 0 Å². The number of fused-ring (bicyclic) bond motifs is 1. The zero-order valence-electron chi connectivity index (χ0n) is 18.2. The van der Waals surface area contributed by atoms with Crippen molar-refractivity contribution in [2.75, 3.05) is 24.5 Å². The van der Waals surface area contributed by atoms with Crippen LogP contribution < -0.4 is 10.6 Å². The maximum atomic E-state index is 12.9. The van der Waals surface area contributed by atoms with Gasteiger partial charge < -0.3 is 15.5 Å². The number of aryl methyl sites for hydroxylation is 1. The third-order valence-corrected chi connectivity index (χ3v) is 6.26. The Morgan fingerprint density at radius 3 is 2.68 bits per heavy atom. The average molecular weight is 422 g/mol. The summed E-state index contributed by atoms with van der Waals surface area (Å²) in [6.45, 7) is 8.21. The summed E-state index contributed by atoms with van der Waals surface area (Å²) >= 11 is 0. The highest BCUT2D eigenvalue weighted by Gasteiger charge is 2.27. The molecule has 1 unspecified atom stereocenters. The summed E-state index contributed by atoms with van der Waals surface area (Å²) in [5.41, 5.74) is 9.48. The predicted molar refractivity (Wildman–Crippen MR) is 121 cm³/mol. The summed E-state index contributed by atoms with van der Waals surface area (Å²) in [6, 6.07) is 2.00. The maximum Gasteiger partial charge on any atom is 0.255 e. The molecular weight excluding hydrogens is 390 g/mol. The van der Waals surface area contributed by atoms with E-state index in [4.69, 9.17) is 5.73 Å². The Morgan fingerprint density at radius 2 is 1.97 bits per heavy atom. The standard InChI is InChI=1S/C24H31N5O2/c1-3-17(2)23(30)29-13-9-20(15-21(29)25)28-12-7-8-18-14-19(16-26-22(18)28)24(31)27-10-5-4-6-11-27/h9,13-16,21H,2-8,10-12,25H2,1H3. The highest BCUT2D eigenvalue weighted by atomic mass is 16.2. The maximum absolute atomic E-state index is 12.9. The normalized spacial score (nSPS) is 20.9. The molecule has 164 valence electrons. The third-order valence-electron chi connectivity index (χ3n) is 6.26. The molecule has 1 fully saturated rings. The first-order valence-corrected chi connectivity index (χ1v) is 11.2. The molecule has 1 atom stereocenters. The summed E-state index contributed by atoms with van der Waals surface area (Å²) in [6.07, 6.45) is 12.4. The number of allylic oxidation sites excluding steroid dienone is 1. The Hall–Kier alpha value is -2.93. The van der Waals surface area contributed by atoms with Gasteiger partial charge in [0.15, 0.2) is 0 Å². The van der Waals surface area contributed by atoms with Crippen molar-refractivity contribution >= 4 is 17.6 Å². The molecule has 3 aliphatic rings. The SMILES string of the molecule is C=C(CC)C(=O)N1C=CC(N2CCCc3cc(C(=O)N4CCCCC4)cnc32)=CC1N. The van der Waals surface area contributed by atoms with Gasteiger partial charge in [-0.15, -0.1) is 0 Å². The highest BCUT2D eigenvalue weighted by molar-refractivity contribution is 5.95. The molecule has 7 heteroatoms. The number of hydrogen-bond donors (Lipinski definition) is 1. The van der Waals surface area contributed by atoms with E-state index < -0.39 is 6.17 Å². The van der Waals surface area contributed by atoms with E-state index in [9.17, 15) is 9.59 Å². The van der Waals surface area contributed by atoms with E-state index in [0.717, 1.165) is 62.4 Å². The number of pyridine rings is 1. The fourth-order valence-corrected chi connectivity index (χ4v) is 4.40. The van der Waals surface area contributed by atoms with Crippen molar-refractivity contribution < 1.29 is 9.59 Å². The van der Waals surface area contributed by atoms with Crippen LogP contribution >= 0.6 is 0 Å². The summed E-state index contributed by atoms with van der Waals surface area (Å²) < 4.78 is 0. The van der Waals surface area contributed by atoms with Crippen molar-refractivity contribution in [2.24, 2.45) is 5.73 Å². The van der Waals surface area contributed by atoms with Gasteiger partial charge >= 0.3 is 0 Å². The van der Waals surface area contributed by atoms with Gasteiger partial charge in [0.25, 0.3) is 11.8 Å². The van der Waals surface area contributed by atoms with Crippen LogP contribution in [0.2, 0.25) is 0 Å². The molecule has 0 aromatic carbocycles. The molecule has 31 heavy (non-hydrogen) atoms. The molecule has 1 aromatic heterocycles. The van der Waals surface area contributed by atoms with Crippen LogP contribution in [0.15, 0.2) is 48.5 Å². The van der Waals surface area contributed by atoms with E-state index in [-0.39, 0.29) is 11.8 Å². The number of carbonyl (C=O) groups excluding carboxylic acids is 2. The minimum Gasteiger partial charge on any atom is -0.339 e. The number of carbonyl (C=O) groups is 2. The van der Waals surface area contributed by atoms with Crippen LogP contribution in [0.25, 0.3) is 0 Å². The van der Waals surface area contributed by atoms with E-state index in [2.05, 4.69) is 16.5 Å². The Balaban J connectivity index is 1.54. The molecule has 4 heterocycles. The van der Waals surface area contributed by atoms with Gasteiger partial charge in [-0.2, -0.15) is 0 Å². The first-order chi connectivity index (χ1) is 15.0. The zero-order chi connectivity index (χ0) is 22.0. The minimum absolute atomic E-state index is 0.0798. The lowest BCUT2D eigenvalue weighted by molar-refractivity contribution is -0.125. The van der Waals surface area contributed by atoms with Crippen LogP contribution in [-0.4, -0.2) is 52.4 Å². The number of anilines is 1. The van der Waals surface area contributed by atoms with Crippen molar-refractivity contribution in [2.45, 2.75) is 51.6 Å². The first-order valence-electron chi connectivity index (χ1n) is 11.2. The summed E-state index contributed by atoms with van der Waals surface area (Å²) in [7, 11) is 0. The topological polar surface area (TPSA) is 82.8 Å². The molecule has 7 nitrogen and oxygen atoms in total. The second kappa shape index (κ2) is 9.06. The number of amides is 2. The average Bonchev–Trinajstić information content (AvgIpc) is 2.82. The van der Waals surface area contributed by atoms with Gasteiger partial charge in [-0.3, -0.25) is 14.5 Å². The molecule has 3 aliphatic heterocycles. The van der Waals surface area contributed by atoms with Crippen molar-refractivity contribution in [1.29, 1.82) is 0 Å². The van der Waals surface area contributed by atoms with Crippen LogP contribution in [0.5, 0.6) is 0 Å². The van der Waals surface area contributed by atoms with Crippen LogP contribution in [-0.2, 0) is 11.2 Å². The molecule has 2 N–H and O–H groups in total. The Morgan fingerprint density at radius 1 is 1.19 bits per heavy atom. The second-order valence-corrected chi connectivity index (χ2v) is 8.38. The van der Waals surface area contributed by atoms with Crippen molar-refractivity contribution in [3.63, 3.8) is 0 Å². The number of hydrogen-bond acceptors (Lipinski definition) is 5. The largest absolute Gasteiger partial charge is 0.339 e. The fraction of sp³-hybridized carbons (Fsp3) is 0.458. The molecule has 2 amide bonds. The van der Waals surface area contributed by atoms with Crippen LogP contribution in [0.4, 0.5) is 5.82 Å². The summed E-state index contributed by atoms with van der Waals surface area (Å²) in [4.78, 5) is 35.6. The van der Waals surface area contributed by atoms with Crippen LogP contribution in [0.1, 0.15) is 54.9 Å². The number of nitrogens with zero attached hydrogens (tertiary/aromatic N) is 4. The predicted octanol–water partition coefficient (Wildman–Crippen LogP) is 2.95. The molecular formula is C24H31N5O2. The highest BCUT2D eigenvalue weighted by Crippen LogP contribution is 2.31.